The zero-order chi connectivity index (χ0) is 23.9. The summed E-state index contributed by atoms with van der Waals surface area (Å²) >= 11 is 6.15. The molecule has 6 nitrogen and oxygen atoms in total. The molecule has 2 aromatic rings. The quantitative estimate of drug-likeness (QED) is 0.681. The lowest BCUT2D eigenvalue weighted by atomic mass is 9.84. The van der Waals surface area contributed by atoms with Gasteiger partial charge >= 0.3 is 0 Å². The van der Waals surface area contributed by atoms with Gasteiger partial charge in [-0.15, -0.1) is 0 Å². The Morgan fingerprint density at radius 2 is 1.82 bits per heavy atom. The fourth-order valence-electron chi connectivity index (χ4n) is 4.66. The van der Waals surface area contributed by atoms with Crippen molar-refractivity contribution in [2.45, 2.75) is 58.0 Å². The van der Waals surface area contributed by atoms with E-state index in [0.29, 0.717) is 24.4 Å². The second kappa shape index (κ2) is 8.82. The van der Waals surface area contributed by atoms with Crippen molar-refractivity contribution < 1.29 is 9.59 Å². The van der Waals surface area contributed by atoms with E-state index in [-0.39, 0.29) is 35.7 Å². The topological polar surface area (TPSA) is 79.0 Å². The highest BCUT2D eigenvalue weighted by molar-refractivity contribution is 6.30. The van der Waals surface area contributed by atoms with Crippen molar-refractivity contribution >= 4 is 35.1 Å². The number of guanidine groups is 1. The number of rotatable bonds is 5. The Labute approximate surface area is 200 Å². The first-order chi connectivity index (χ1) is 15.6. The number of halogens is 1. The van der Waals surface area contributed by atoms with E-state index in [1.165, 1.54) is 0 Å². The van der Waals surface area contributed by atoms with Crippen LogP contribution in [0.5, 0.6) is 0 Å². The minimum atomic E-state index is -0.490. The van der Waals surface area contributed by atoms with Crippen molar-refractivity contribution in [1.29, 1.82) is 0 Å². The van der Waals surface area contributed by atoms with Gasteiger partial charge in [-0.2, -0.15) is 0 Å². The number of amides is 2. The molecule has 0 spiro atoms. The van der Waals surface area contributed by atoms with Crippen molar-refractivity contribution in [2.24, 2.45) is 16.6 Å². The summed E-state index contributed by atoms with van der Waals surface area (Å²) in [7, 11) is 0. The van der Waals surface area contributed by atoms with Crippen LogP contribution in [-0.2, 0) is 9.59 Å². The largest absolute Gasteiger partial charge is 0.369 e. The fourth-order valence-corrected chi connectivity index (χ4v) is 4.86. The molecule has 4 rings (SSSR count). The van der Waals surface area contributed by atoms with Crippen LogP contribution >= 0.6 is 11.6 Å². The van der Waals surface area contributed by atoms with Gasteiger partial charge in [0.1, 0.15) is 0 Å². The predicted octanol–water partition coefficient (Wildman–Crippen LogP) is 4.88. The van der Waals surface area contributed by atoms with Crippen molar-refractivity contribution in [3.05, 3.63) is 64.7 Å². The van der Waals surface area contributed by atoms with Gasteiger partial charge in [0.25, 0.3) is 0 Å². The predicted molar refractivity (Wildman–Crippen MR) is 132 cm³/mol. The van der Waals surface area contributed by atoms with E-state index in [9.17, 15) is 9.59 Å². The van der Waals surface area contributed by atoms with Crippen LogP contribution in [0.2, 0.25) is 5.02 Å². The number of aliphatic imine (C=N–C) groups is 1. The summed E-state index contributed by atoms with van der Waals surface area (Å²) in [4.78, 5) is 34.0. The average Bonchev–Trinajstić information content (AvgIpc) is 3.15. The number of hydrogen-bond donors (Lipinski definition) is 1. The van der Waals surface area contributed by atoms with Crippen molar-refractivity contribution in [1.82, 2.24) is 4.90 Å². The Morgan fingerprint density at radius 1 is 1.09 bits per heavy atom. The van der Waals surface area contributed by atoms with Crippen LogP contribution in [0.1, 0.15) is 63.6 Å². The molecule has 2 aliphatic heterocycles. The fraction of sp³-hybridized carbons (Fsp3) is 0.423. The van der Waals surface area contributed by atoms with Gasteiger partial charge in [0.15, 0.2) is 5.96 Å². The van der Waals surface area contributed by atoms with Crippen molar-refractivity contribution in [3.8, 4) is 0 Å². The number of nitrogens with zero attached hydrogens (tertiary/aromatic N) is 3. The third-order valence-corrected chi connectivity index (χ3v) is 7.37. The molecule has 0 radical (unpaired) electrons. The molecule has 2 heterocycles. The summed E-state index contributed by atoms with van der Waals surface area (Å²) in [6.45, 7) is 8.61. The molecule has 2 N–H and O–H groups in total. The molecule has 2 aliphatic rings. The van der Waals surface area contributed by atoms with E-state index in [1.807, 2.05) is 67.3 Å². The maximum Gasteiger partial charge on any atom is 0.232 e. The number of carbonyl (C=O) groups excluding carboxylic acids is 2. The zero-order valence-corrected chi connectivity index (χ0v) is 20.3. The van der Waals surface area contributed by atoms with Crippen LogP contribution in [0.25, 0.3) is 0 Å². The molecule has 33 heavy (non-hydrogen) atoms. The zero-order valence-electron chi connectivity index (χ0n) is 19.6. The molecule has 2 amide bonds. The molecule has 0 aromatic heterocycles. The number of hydrogen-bond acceptors (Lipinski definition) is 4. The van der Waals surface area contributed by atoms with E-state index in [1.54, 1.807) is 4.90 Å². The van der Waals surface area contributed by atoms with Crippen molar-refractivity contribution in [3.63, 3.8) is 0 Å². The summed E-state index contributed by atoms with van der Waals surface area (Å²) in [5.41, 5.74) is 8.59. The molecule has 2 aromatic carbocycles. The highest BCUT2D eigenvalue weighted by Crippen LogP contribution is 2.36. The maximum atomic E-state index is 13.0. The smallest absolute Gasteiger partial charge is 0.232 e. The molecule has 7 heteroatoms. The third kappa shape index (κ3) is 4.49. The lowest BCUT2D eigenvalue weighted by molar-refractivity contribution is -0.131. The van der Waals surface area contributed by atoms with Gasteiger partial charge in [-0.05, 0) is 55.2 Å². The third-order valence-electron chi connectivity index (χ3n) is 7.14. The van der Waals surface area contributed by atoms with E-state index in [2.05, 4.69) is 18.8 Å². The van der Waals surface area contributed by atoms with Crippen LogP contribution in [0.4, 0.5) is 5.69 Å². The molecule has 3 atom stereocenters. The van der Waals surface area contributed by atoms with Crippen molar-refractivity contribution in [2.75, 3.05) is 11.4 Å². The minimum absolute atomic E-state index is 0.0325. The Hall–Kier alpha value is -2.86. The standard InChI is InChI=1S/C26H31ClN4O2/c1-16(2)26(4)14-24(33)31(25(28)29-26)17(3)18-7-6-10-22(12-18)30-15-20(13-23(30)32)19-8-5-9-21(27)11-19/h5-12,16-17,20H,13-15H2,1-4H3,(H2,28,29)/t17-,20+,26+/m1/s1. The van der Waals surface area contributed by atoms with E-state index in [4.69, 9.17) is 17.3 Å². The van der Waals surface area contributed by atoms with Crippen LogP contribution in [0, 0.1) is 5.92 Å². The number of benzene rings is 2. The summed E-state index contributed by atoms with van der Waals surface area (Å²) in [5, 5.41) is 0.674. The molecule has 0 aliphatic carbocycles. The molecular formula is C26H31ClN4O2. The molecule has 0 bridgehead atoms. The molecule has 1 saturated heterocycles. The Bertz CT molecular complexity index is 1110. The van der Waals surface area contributed by atoms with E-state index >= 15 is 0 Å². The lowest BCUT2D eigenvalue weighted by Gasteiger charge is -2.40. The average molecular weight is 467 g/mol. The SMILES string of the molecule is CC(C)[C@]1(C)CC(=O)N([C@H](C)c2cccc(N3C[C@@H](c4cccc(Cl)c4)CC3=O)c2)C(N)=N1. The molecular weight excluding hydrogens is 436 g/mol. The lowest BCUT2D eigenvalue weighted by Crippen LogP contribution is -2.52. The Balaban J connectivity index is 1.57. The van der Waals surface area contributed by atoms with Gasteiger partial charge in [0, 0.05) is 29.6 Å². The second-order valence-electron chi connectivity index (χ2n) is 9.65. The first-order valence-electron chi connectivity index (χ1n) is 11.4. The highest BCUT2D eigenvalue weighted by Gasteiger charge is 2.40. The number of anilines is 1. The maximum absolute atomic E-state index is 13.0. The minimum Gasteiger partial charge on any atom is -0.369 e. The van der Waals surface area contributed by atoms with Crippen LogP contribution in [0.3, 0.4) is 0 Å². The molecule has 0 unspecified atom stereocenters. The van der Waals surface area contributed by atoms with Gasteiger partial charge in [-0.3, -0.25) is 14.5 Å². The first kappa shape index (κ1) is 23.3. The Morgan fingerprint density at radius 3 is 2.48 bits per heavy atom. The Kier molecular flexibility index (Phi) is 6.23. The number of nitrogens with two attached hydrogens (primary N) is 1. The summed E-state index contributed by atoms with van der Waals surface area (Å²) in [6, 6.07) is 15.2. The summed E-state index contributed by atoms with van der Waals surface area (Å²) in [5.74, 6) is 0.591. The molecule has 1 fully saturated rings. The normalized spacial score (nSPS) is 24.4. The van der Waals surface area contributed by atoms with E-state index in [0.717, 1.165) is 16.8 Å². The van der Waals surface area contributed by atoms with Crippen LogP contribution in [-0.4, -0.2) is 34.8 Å². The number of carbonyl (C=O) groups is 2. The van der Waals surface area contributed by atoms with Gasteiger partial charge in [0.05, 0.1) is 18.0 Å². The summed E-state index contributed by atoms with van der Waals surface area (Å²) < 4.78 is 0. The van der Waals surface area contributed by atoms with Gasteiger partial charge in [-0.25, -0.2) is 4.99 Å². The summed E-state index contributed by atoms with van der Waals surface area (Å²) in [6.07, 6.45) is 0.763. The van der Waals surface area contributed by atoms with Crippen LogP contribution < -0.4 is 10.6 Å². The van der Waals surface area contributed by atoms with Crippen LogP contribution in [0.15, 0.2) is 53.5 Å². The molecule has 174 valence electrons. The van der Waals surface area contributed by atoms with Gasteiger partial charge in [0.2, 0.25) is 11.8 Å². The highest BCUT2D eigenvalue weighted by atomic mass is 35.5. The van der Waals surface area contributed by atoms with Gasteiger partial charge in [-0.1, -0.05) is 49.7 Å². The van der Waals surface area contributed by atoms with Gasteiger partial charge < -0.3 is 10.6 Å². The first-order valence-corrected chi connectivity index (χ1v) is 11.8. The molecule has 0 saturated carbocycles. The monoisotopic (exact) mass is 466 g/mol. The second-order valence-corrected chi connectivity index (χ2v) is 10.1. The van der Waals surface area contributed by atoms with E-state index < -0.39 is 5.54 Å².